The Morgan fingerprint density at radius 1 is 1.27 bits per heavy atom. The third kappa shape index (κ3) is 3.60. The Labute approximate surface area is 159 Å². The fraction of sp³-hybridized carbons (Fsp3) is 0.450. The maximum atomic E-state index is 12.8. The van der Waals surface area contributed by atoms with Gasteiger partial charge in [0, 0.05) is 30.5 Å². The number of hydrogen-bond acceptors (Lipinski definition) is 3. The highest BCUT2D eigenvalue weighted by molar-refractivity contribution is 6.33. The first kappa shape index (κ1) is 18.8. The first-order valence-corrected chi connectivity index (χ1v) is 9.31. The van der Waals surface area contributed by atoms with Crippen LogP contribution < -0.4 is 10.1 Å². The first-order chi connectivity index (χ1) is 12.5. The molecule has 1 aliphatic carbocycles. The van der Waals surface area contributed by atoms with Crippen molar-refractivity contribution in [1.82, 2.24) is 14.8 Å². The molecule has 0 bridgehead atoms. The van der Waals surface area contributed by atoms with Gasteiger partial charge in [-0.1, -0.05) is 24.4 Å². The summed E-state index contributed by atoms with van der Waals surface area (Å²) in [5.41, 5.74) is 1.28. The molecule has 1 aromatic carbocycles. The number of ether oxygens (including phenoxy) is 1. The second kappa shape index (κ2) is 7.72. The van der Waals surface area contributed by atoms with Gasteiger partial charge in [0.05, 0.1) is 23.4 Å². The number of nitrogens with one attached hydrogen (secondary N) is 1. The minimum atomic E-state index is -0.157. The largest absolute Gasteiger partial charge is 0.496 e. The zero-order valence-corrected chi connectivity index (χ0v) is 16.3. The molecular formula is C20H26ClN3O2. The Bertz CT molecular complexity index is 766. The summed E-state index contributed by atoms with van der Waals surface area (Å²) in [5, 5.41) is 3.60. The van der Waals surface area contributed by atoms with Crippen LogP contribution in [0, 0.1) is 0 Å². The van der Waals surface area contributed by atoms with E-state index in [0.717, 1.165) is 18.5 Å². The standard InChI is InChI=1S/C20H26ClN3O2/c1-23(2)20(8-4-5-9-20)14-22-19(25)15-12-16(21)17(13-18(15)26-3)24-10-6-7-11-24/h6-7,10-13H,4-5,8-9,14H2,1-3H3,(H,22,25). The number of likely N-dealkylation sites (N-methyl/N-ethyl adjacent to an activating group) is 1. The molecule has 1 heterocycles. The molecule has 140 valence electrons. The third-order valence-electron chi connectivity index (χ3n) is 5.46. The van der Waals surface area contributed by atoms with E-state index in [1.165, 1.54) is 12.8 Å². The lowest BCUT2D eigenvalue weighted by Gasteiger charge is -2.36. The molecule has 1 aromatic heterocycles. The fourth-order valence-electron chi connectivity index (χ4n) is 3.74. The van der Waals surface area contributed by atoms with Crippen molar-refractivity contribution >= 4 is 17.5 Å². The molecular weight excluding hydrogens is 350 g/mol. The molecule has 0 spiro atoms. The van der Waals surface area contributed by atoms with Crippen LogP contribution in [0.3, 0.4) is 0 Å². The van der Waals surface area contributed by atoms with Gasteiger partial charge in [0.1, 0.15) is 5.75 Å². The summed E-state index contributed by atoms with van der Waals surface area (Å²) in [6.07, 6.45) is 8.42. The Hall–Kier alpha value is -1.98. The topological polar surface area (TPSA) is 46.5 Å². The van der Waals surface area contributed by atoms with E-state index in [2.05, 4.69) is 24.3 Å². The molecule has 0 saturated heterocycles. The quantitative estimate of drug-likeness (QED) is 0.836. The first-order valence-electron chi connectivity index (χ1n) is 8.93. The lowest BCUT2D eigenvalue weighted by Crippen LogP contribution is -2.50. The molecule has 0 aliphatic heterocycles. The Morgan fingerprint density at radius 3 is 2.50 bits per heavy atom. The summed E-state index contributed by atoms with van der Waals surface area (Å²) in [6.45, 7) is 0.624. The van der Waals surface area contributed by atoms with Crippen LogP contribution >= 0.6 is 11.6 Å². The van der Waals surface area contributed by atoms with Crippen molar-refractivity contribution < 1.29 is 9.53 Å². The van der Waals surface area contributed by atoms with Gasteiger partial charge in [-0.2, -0.15) is 0 Å². The van der Waals surface area contributed by atoms with Gasteiger partial charge >= 0.3 is 0 Å². The highest BCUT2D eigenvalue weighted by atomic mass is 35.5. The molecule has 0 unspecified atom stereocenters. The van der Waals surface area contributed by atoms with Crippen molar-refractivity contribution in [1.29, 1.82) is 0 Å². The van der Waals surface area contributed by atoms with Gasteiger partial charge in [0.25, 0.3) is 5.91 Å². The molecule has 5 nitrogen and oxygen atoms in total. The molecule has 1 N–H and O–H groups in total. The SMILES string of the molecule is COc1cc(-n2cccc2)c(Cl)cc1C(=O)NCC1(N(C)C)CCCC1. The van der Waals surface area contributed by atoms with E-state index >= 15 is 0 Å². The molecule has 0 atom stereocenters. The molecule has 1 saturated carbocycles. The smallest absolute Gasteiger partial charge is 0.255 e. The van der Waals surface area contributed by atoms with Crippen LogP contribution in [-0.2, 0) is 0 Å². The number of aromatic nitrogens is 1. The van der Waals surface area contributed by atoms with Crippen molar-refractivity contribution in [3.8, 4) is 11.4 Å². The fourth-order valence-corrected chi connectivity index (χ4v) is 4.00. The summed E-state index contributed by atoms with van der Waals surface area (Å²) in [4.78, 5) is 15.1. The molecule has 1 aliphatic rings. The maximum Gasteiger partial charge on any atom is 0.255 e. The number of halogens is 1. The van der Waals surface area contributed by atoms with Crippen molar-refractivity contribution in [2.75, 3.05) is 27.7 Å². The minimum Gasteiger partial charge on any atom is -0.496 e. The predicted octanol–water partition coefficient (Wildman–Crippen LogP) is 3.74. The summed E-state index contributed by atoms with van der Waals surface area (Å²) in [6, 6.07) is 7.33. The molecule has 26 heavy (non-hydrogen) atoms. The van der Waals surface area contributed by atoms with Gasteiger partial charge in [-0.15, -0.1) is 0 Å². The van der Waals surface area contributed by atoms with Gasteiger partial charge < -0.3 is 19.5 Å². The summed E-state index contributed by atoms with van der Waals surface area (Å²) in [7, 11) is 5.74. The summed E-state index contributed by atoms with van der Waals surface area (Å²) >= 11 is 6.43. The Morgan fingerprint density at radius 2 is 1.92 bits per heavy atom. The van der Waals surface area contributed by atoms with Gasteiger partial charge in [-0.3, -0.25) is 4.79 Å². The average molecular weight is 376 g/mol. The molecule has 1 amide bonds. The van der Waals surface area contributed by atoms with Crippen LogP contribution in [0.1, 0.15) is 36.0 Å². The monoisotopic (exact) mass is 375 g/mol. The van der Waals surface area contributed by atoms with Crippen LogP contribution in [0.2, 0.25) is 5.02 Å². The number of carbonyl (C=O) groups excluding carboxylic acids is 1. The van der Waals surface area contributed by atoms with Crippen LogP contribution in [0.4, 0.5) is 0 Å². The lowest BCUT2D eigenvalue weighted by atomic mass is 9.96. The van der Waals surface area contributed by atoms with Crippen molar-refractivity contribution in [3.63, 3.8) is 0 Å². The maximum absolute atomic E-state index is 12.8. The van der Waals surface area contributed by atoms with E-state index in [9.17, 15) is 4.79 Å². The van der Waals surface area contributed by atoms with Crippen LogP contribution in [0.15, 0.2) is 36.7 Å². The van der Waals surface area contributed by atoms with E-state index in [4.69, 9.17) is 16.3 Å². The van der Waals surface area contributed by atoms with Crippen LogP contribution in [-0.4, -0.2) is 48.7 Å². The van der Waals surface area contributed by atoms with Crippen molar-refractivity contribution in [2.45, 2.75) is 31.2 Å². The lowest BCUT2D eigenvalue weighted by molar-refractivity contribution is 0.0897. The normalized spacial score (nSPS) is 16.0. The minimum absolute atomic E-state index is 0.0395. The number of hydrogen-bond donors (Lipinski definition) is 1. The summed E-state index contributed by atoms with van der Waals surface area (Å²) in [5.74, 6) is 0.358. The molecule has 3 rings (SSSR count). The van der Waals surface area contributed by atoms with Crippen molar-refractivity contribution in [3.05, 3.63) is 47.2 Å². The van der Waals surface area contributed by atoms with Gasteiger partial charge in [0.15, 0.2) is 0 Å². The molecule has 0 radical (unpaired) electrons. The second-order valence-electron chi connectivity index (χ2n) is 7.10. The zero-order chi connectivity index (χ0) is 18.7. The number of amides is 1. The van der Waals surface area contributed by atoms with Crippen LogP contribution in [0.5, 0.6) is 5.75 Å². The molecule has 6 heteroatoms. The number of nitrogens with zero attached hydrogens (tertiary/aromatic N) is 2. The predicted molar refractivity (Wildman–Crippen MR) is 105 cm³/mol. The average Bonchev–Trinajstić information content (AvgIpc) is 3.32. The van der Waals surface area contributed by atoms with Gasteiger partial charge in [-0.05, 0) is 45.1 Å². The summed E-state index contributed by atoms with van der Waals surface area (Å²) < 4.78 is 7.36. The zero-order valence-electron chi connectivity index (χ0n) is 15.6. The number of benzene rings is 1. The van der Waals surface area contributed by atoms with E-state index in [1.54, 1.807) is 19.2 Å². The number of methoxy groups -OCH3 is 1. The Kier molecular flexibility index (Phi) is 5.58. The highest BCUT2D eigenvalue weighted by Gasteiger charge is 2.36. The second-order valence-corrected chi connectivity index (χ2v) is 7.51. The van der Waals surface area contributed by atoms with Crippen molar-refractivity contribution in [2.24, 2.45) is 0 Å². The van der Waals surface area contributed by atoms with Gasteiger partial charge in [0.2, 0.25) is 0 Å². The van der Waals surface area contributed by atoms with E-state index in [-0.39, 0.29) is 11.4 Å². The third-order valence-corrected chi connectivity index (χ3v) is 5.76. The van der Waals surface area contributed by atoms with E-state index < -0.39 is 0 Å². The van der Waals surface area contributed by atoms with E-state index in [1.807, 2.05) is 29.1 Å². The highest BCUT2D eigenvalue weighted by Crippen LogP contribution is 2.34. The number of rotatable bonds is 6. The van der Waals surface area contributed by atoms with Gasteiger partial charge in [-0.25, -0.2) is 0 Å². The van der Waals surface area contributed by atoms with Crippen LogP contribution in [0.25, 0.3) is 5.69 Å². The number of carbonyl (C=O) groups is 1. The molecule has 2 aromatic rings. The van der Waals surface area contributed by atoms with E-state index in [0.29, 0.717) is 22.9 Å². The molecule has 1 fully saturated rings. The Balaban J connectivity index is 1.82.